The molecule has 1 aliphatic carbocycles. The van der Waals surface area contributed by atoms with Crippen LogP contribution in [0.1, 0.15) is 18.9 Å². The Bertz CT molecular complexity index is 506. The first kappa shape index (κ1) is 12.6. The lowest BCUT2D eigenvalue weighted by Gasteiger charge is -2.18. The fraction of sp³-hybridized carbons (Fsp3) is 0.500. The van der Waals surface area contributed by atoms with Gasteiger partial charge in [0.05, 0.1) is 33.3 Å². The van der Waals surface area contributed by atoms with Crippen molar-refractivity contribution in [3.05, 3.63) is 17.7 Å². The monoisotopic (exact) mass is 247 g/mol. The van der Waals surface area contributed by atoms with E-state index in [9.17, 15) is 0 Å². The van der Waals surface area contributed by atoms with Gasteiger partial charge in [0.2, 0.25) is 0 Å². The van der Waals surface area contributed by atoms with Gasteiger partial charge < -0.3 is 14.2 Å². The van der Waals surface area contributed by atoms with E-state index in [-0.39, 0.29) is 11.3 Å². The van der Waals surface area contributed by atoms with Crippen LogP contribution in [0.2, 0.25) is 0 Å². The molecule has 0 N–H and O–H groups in total. The molecule has 0 radical (unpaired) electrons. The van der Waals surface area contributed by atoms with Crippen LogP contribution in [0.4, 0.5) is 0 Å². The zero-order valence-electron chi connectivity index (χ0n) is 11.1. The molecule has 0 spiro atoms. The molecule has 96 valence electrons. The minimum absolute atomic E-state index is 0.0458. The Morgan fingerprint density at radius 1 is 1.11 bits per heavy atom. The Morgan fingerprint density at radius 3 is 2.11 bits per heavy atom. The molecule has 0 aromatic heterocycles. The molecular formula is C14H17NO3. The Morgan fingerprint density at radius 2 is 1.67 bits per heavy atom. The highest BCUT2D eigenvalue weighted by molar-refractivity contribution is 5.55. The third-order valence-corrected chi connectivity index (χ3v) is 3.71. The van der Waals surface area contributed by atoms with E-state index in [4.69, 9.17) is 19.5 Å². The van der Waals surface area contributed by atoms with Gasteiger partial charge in [0.25, 0.3) is 0 Å². The summed E-state index contributed by atoms with van der Waals surface area (Å²) >= 11 is 0. The predicted octanol–water partition coefficient (Wildman–Crippen LogP) is 2.51. The molecule has 1 saturated carbocycles. The number of rotatable bonds is 4. The molecule has 0 aliphatic heterocycles. The van der Waals surface area contributed by atoms with E-state index in [1.807, 2.05) is 12.1 Å². The van der Waals surface area contributed by atoms with E-state index in [2.05, 4.69) is 13.0 Å². The molecule has 2 unspecified atom stereocenters. The summed E-state index contributed by atoms with van der Waals surface area (Å²) in [7, 11) is 4.82. The molecule has 1 fully saturated rings. The van der Waals surface area contributed by atoms with Gasteiger partial charge in [-0.25, -0.2) is 0 Å². The highest BCUT2D eigenvalue weighted by atomic mass is 16.5. The number of nitrogens with zero attached hydrogens (tertiary/aromatic N) is 1. The Kier molecular flexibility index (Phi) is 3.08. The molecule has 2 rings (SSSR count). The molecule has 4 heteroatoms. The molecule has 1 aromatic rings. The molecule has 4 nitrogen and oxygen atoms in total. The first-order chi connectivity index (χ1) is 8.60. The van der Waals surface area contributed by atoms with Crippen molar-refractivity contribution >= 4 is 0 Å². The highest BCUT2D eigenvalue weighted by Gasteiger charge is 2.53. The van der Waals surface area contributed by atoms with E-state index >= 15 is 0 Å². The molecule has 0 amide bonds. The van der Waals surface area contributed by atoms with Crippen molar-refractivity contribution in [3.8, 4) is 23.3 Å². The standard InChI is InChI=1S/C14H17NO3/c1-14(7-9(14)8-15)10-5-12(17-3)13(18-4)6-11(10)16-2/h5-6,9H,7H2,1-4H3. The van der Waals surface area contributed by atoms with Gasteiger partial charge in [0.15, 0.2) is 11.5 Å². The van der Waals surface area contributed by atoms with Crippen LogP contribution >= 0.6 is 0 Å². The second-order valence-electron chi connectivity index (χ2n) is 4.71. The lowest BCUT2D eigenvalue weighted by molar-refractivity contribution is 0.346. The summed E-state index contributed by atoms with van der Waals surface area (Å²) in [5.41, 5.74) is 0.869. The lowest BCUT2D eigenvalue weighted by atomic mass is 9.94. The maximum absolute atomic E-state index is 9.05. The summed E-state index contributed by atoms with van der Waals surface area (Å²) in [5, 5.41) is 9.05. The van der Waals surface area contributed by atoms with Crippen LogP contribution in [0.25, 0.3) is 0 Å². The summed E-state index contributed by atoms with van der Waals surface area (Å²) in [5.74, 6) is 2.09. The molecule has 18 heavy (non-hydrogen) atoms. The zero-order valence-corrected chi connectivity index (χ0v) is 11.1. The van der Waals surface area contributed by atoms with Crippen LogP contribution in [0.15, 0.2) is 12.1 Å². The molecule has 1 aromatic carbocycles. The number of methoxy groups -OCH3 is 3. The van der Waals surface area contributed by atoms with Gasteiger partial charge in [-0.05, 0) is 12.5 Å². The van der Waals surface area contributed by atoms with Crippen molar-refractivity contribution in [1.29, 1.82) is 5.26 Å². The first-order valence-corrected chi connectivity index (χ1v) is 5.80. The third-order valence-electron chi connectivity index (χ3n) is 3.71. The van der Waals surface area contributed by atoms with Gasteiger partial charge >= 0.3 is 0 Å². The second-order valence-corrected chi connectivity index (χ2v) is 4.71. The SMILES string of the molecule is COc1cc(OC)c(C2(C)CC2C#N)cc1OC. The van der Waals surface area contributed by atoms with Crippen LogP contribution in [-0.4, -0.2) is 21.3 Å². The van der Waals surface area contributed by atoms with E-state index in [0.29, 0.717) is 11.5 Å². The molecule has 0 bridgehead atoms. The smallest absolute Gasteiger partial charge is 0.164 e. The first-order valence-electron chi connectivity index (χ1n) is 5.80. The highest BCUT2D eigenvalue weighted by Crippen LogP contribution is 2.57. The maximum atomic E-state index is 9.05. The number of ether oxygens (including phenoxy) is 3. The summed E-state index contributed by atoms with van der Waals surface area (Å²) in [6.07, 6.45) is 0.856. The lowest BCUT2D eigenvalue weighted by Crippen LogP contribution is -2.07. The third kappa shape index (κ3) is 1.76. The van der Waals surface area contributed by atoms with Crippen molar-refractivity contribution in [3.63, 3.8) is 0 Å². The van der Waals surface area contributed by atoms with Crippen LogP contribution in [0, 0.1) is 17.2 Å². The van der Waals surface area contributed by atoms with Crippen molar-refractivity contribution in [2.75, 3.05) is 21.3 Å². The Labute approximate surface area is 107 Å². The van der Waals surface area contributed by atoms with E-state index in [1.165, 1.54) is 0 Å². The normalized spacial score (nSPS) is 25.2. The maximum Gasteiger partial charge on any atom is 0.164 e. The van der Waals surface area contributed by atoms with Crippen LogP contribution in [-0.2, 0) is 5.41 Å². The molecule has 0 saturated heterocycles. The van der Waals surface area contributed by atoms with Gasteiger partial charge in [-0.15, -0.1) is 0 Å². The molecular weight excluding hydrogens is 230 g/mol. The van der Waals surface area contributed by atoms with Crippen molar-refractivity contribution in [1.82, 2.24) is 0 Å². The summed E-state index contributed by atoms with van der Waals surface area (Å²) in [6.45, 7) is 2.07. The van der Waals surface area contributed by atoms with E-state index < -0.39 is 0 Å². The van der Waals surface area contributed by atoms with Gasteiger partial charge in [0, 0.05) is 17.0 Å². The fourth-order valence-electron chi connectivity index (χ4n) is 2.33. The Balaban J connectivity index is 2.51. The molecule has 0 heterocycles. The van der Waals surface area contributed by atoms with E-state index in [1.54, 1.807) is 21.3 Å². The van der Waals surface area contributed by atoms with E-state index in [0.717, 1.165) is 17.7 Å². The van der Waals surface area contributed by atoms with Gasteiger partial charge in [-0.1, -0.05) is 6.92 Å². The zero-order chi connectivity index (χ0) is 13.3. The number of benzene rings is 1. The van der Waals surface area contributed by atoms with Crippen molar-refractivity contribution in [2.45, 2.75) is 18.8 Å². The van der Waals surface area contributed by atoms with Crippen LogP contribution in [0.3, 0.4) is 0 Å². The predicted molar refractivity (Wildman–Crippen MR) is 67.2 cm³/mol. The average Bonchev–Trinajstić information content (AvgIpc) is 3.09. The van der Waals surface area contributed by atoms with Gasteiger partial charge in [0.1, 0.15) is 5.75 Å². The summed E-state index contributed by atoms with van der Waals surface area (Å²) in [4.78, 5) is 0. The van der Waals surface area contributed by atoms with Crippen molar-refractivity contribution in [2.24, 2.45) is 5.92 Å². The largest absolute Gasteiger partial charge is 0.496 e. The number of nitriles is 1. The topological polar surface area (TPSA) is 51.5 Å². The quantitative estimate of drug-likeness (QED) is 0.820. The number of hydrogen-bond donors (Lipinski definition) is 0. The minimum Gasteiger partial charge on any atom is -0.496 e. The van der Waals surface area contributed by atoms with Gasteiger partial charge in [-0.3, -0.25) is 0 Å². The molecule has 2 atom stereocenters. The minimum atomic E-state index is -0.139. The summed E-state index contributed by atoms with van der Waals surface area (Å²) < 4.78 is 16.0. The van der Waals surface area contributed by atoms with Crippen LogP contribution in [0.5, 0.6) is 17.2 Å². The second kappa shape index (κ2) is 4.41. The summed E-state index contributed by atoms with van der Waals surface area (Å²) in [6, 6.07) is 6.04. The molecule has 1 aliphatic rings. The van der Waals surface area contributed by atoms with Crippen molar-refractivity contribution < 1.29 is 14.2 Å². The fourth-order valence-corrected chi connectivity index (χ4v) is 2.33. The number of hydrogen-bond acceptors (Lipinski definition) is 4. The van der Waals surface area contributed by atoms with Crippen LogP contribution < -0.4 is 14.2 Å². The Hall–Kier alpha value is -1.89. The average molecular weight is 247 g/mol. The van der Waals surface area contributed by atoms with Gasteiger partial charge in [-0.2, -0.15) is 5.26 Å².